The highest BCUT2D eigenvalue weighted by molar-refractivity contribution is 6.35. The fraction of sp³-hybridized carbons (Fsp3) is 0.200. The highest BCUT2D eigenvalue weighted by Gasteiger charge is 2.07. The number of aliphatic hydroxyl groups excluding tert-OH is 1. The largest absolute Gasteiger partial charge is 0.390 e. The van der Waals surface area contributed by atoms with Crippen molar-refractivity contribution in [1.82, 2.24) is 15.0 Å². The Bertz CT molecular complexity index is 478. The standard InChI is InChI=1S/C10H9Cl2N3O/c11-9-2-1-3-10(12)8(9)5-15-4-7(6-16)13-14-15/h1-4,16H,5-6H2. The van der Waals surface area contributed by atoms with Crippen LogP contribution < -0.4 is 0 Å². The first-order valence-electron chi connectivity index (χ1n) is 4.63. The molecule has 84 valence electrons. The minimum Gasteiger partial charge on any atom is -0.390 e. The van der Waals surface area contributed by atoms with E-state index in [1.54, 1.807) is 29.1 Å². The molecular weight excluding hydrogens is 249 g/mol. The second-order valence-electron chi connectivity index (χ2n) is 3.27. The van der Waals surface area contributed by atoms with E-state index >= 15 is 0 Å². The van der Waals surface area contributed by atoms with Gasteiger partial charge in [0, 0.05) is 15.6 Å². The first-order chi connectivity index (χ1) is 7.70. The fourth-order valence-electron chi connectivity index (χ4n) is 1.33. The molecule has 0 amide bonds. The molecule has 0 aliphatic heterocycles. The molecule has 2 aromatic rings. The molecule has 16 heavy (non-hydrogen) atoms. The SMILES string of the molecule is OCc1cn(Cc2c(Cl)cccc2Cl)nn1. The van der Waals surface area contributed by atoms with Crippen LogP contribution in [0.5, 0.6) is 0 Å². The predicted molar refractivity (Wildman–Crippen MR) is 61.5 cm³/mol. The molecule has 0 fully saturated rings. The Kier molecular flexibility index (Phi) is 3.43. The van der Waals surface area contributed by atoms with Crippen LogP contribution in [0.2, 0.25) is 10.0 Å². The molecule has 0 atom stereocenters. The number of hydrogen-bond donors (Lipinski definition) is 1. The number of nitrogens with zero attached hydrogens (tertiary/aromatic N) is 3. The number of aromatic nitrogens is 3. The second kappa shape index (κ2) is 4.82. The van der Waals surface area contributed by atoms with E-state index in [1.165, 1.54) is 0 Å². The number of benzene rings is 1. The van der Waals surface area contributed by atoms with Crippen molar-refractivity contribution in [3.8, 4) is 0 Å². The summed E-state index contributed by atoms with van der Waals surface area (Å²) in [5.41, 5.74) is 1.31. The van der Waals surface area contributed by atoms with Crippen LogP contribution in [0, 0.1) is 0 Å². The molecule has 0 spiro atoms. The molecule has 0 saturated heterocycles. The summed E-state index contributed by atoms with van der Waals surface area (Å²) in [5, 5.41) is 17.7. The summed E-state index contributed by atoms with van der Waals surface area (Å²) in [6.07, 6.45) is 1.65. The van der Waals surface area contributed by atoms with Gasteiger partial charge in [0.2, 0.25) is 0 Å². The van der Waals surface area contributed by atoms with Crippen molar-refractivity contribution in [3.05, 3.63) is 45.7 Å². The zero-order chi connectivity index (χ0) is 11.5. The molecule has 2 rings (SSSR count). The summed E-state index contributed by atoms with van der Waals surface area (Å²) < 4.78 is 1.58. The van der Waals surface area contributed by atoms with E-state index in [-0.39, 0.29) is 6.61 Å². The van der Waals surface area contributed by atoms with Crippen molar-refractivity contribution >= 4 is 23.2 Å². The molecule has 1 heterocycles. The van der Waals surface area contributed by atoms with E-state index < -0.39 is 0 Å². The van der Waals surface area contributed by atoms with Gasteiger partial charge in [0.15, 0.2) is 0 Å². The maximum absolute atomic E-state index is 8.86. The van der Waals surface area contributed by atoms with Gasteiger partial charge in [0.25, 0.3) is 0 Å². The van der Waals surface area contributed by atoms with Crippen LogP contribution in [0.15, 0.2) is 24.4 Å². The smallest absolute Gasteiger partial charge is 0.108 e. The maximum atomic E-state index is 8.86. The first kappa shape index (κ1) is 11.4. The molecule has 0 radical (unpaired) electrons. The average molecular weight is 258 g/mol. The summed E-state index contributed by atoms with van der Waals surface area (Å²) >= 11 is 12.0. The lowest BCUT2D eigenvalue weighted by molar-refractivity contribution is 0.276. The lowest BCUT2D eigenvalue weighted by atomic mass is 10.2. The Balaban J connectivity index is 2.26. The molecule has 0 bridgehead atoms. The van der Waals surface area contributed by atoms with Crippen molar-refractivity contribution in [2.24, 2.45) is 0 Å². The third-order valence-corrected chi connectivity index (χ3v) is 2.84. The van der Waals surface area contributed by atoms with Gasteiger partial charge in [-0.1, -0.05) is 34.5 Å². The van der Waals surface area contributed by atoms with E-state index in [4.69, 9.17) is 28.3 Å². The van der Waals surface area contributed by atoms with Crippen molar-refractivity contribution in [1.29, 1.82) is 0 Å². The summed E-state index contributed by atoms with van der Waals surface area (Å²) in [4.78, 5) is 0. The lowest BCUT2D eigenvalue weighted by Gasteiger charge is -2.05. The number of rotatable bonds is 3. The number of halogens is 2. The van der Waals surface area contributed by atoms with Crippen LogP contribution >= 0.6 is 23.2 Å². The molecule has 1 aromatic carbocycles. The topological polar surface area (TPSA) is 50.9 Å². The van der Waals surface area contributed by atoms with Gasteiger partial charge in [-0.15, -0.1) is 5.10 Å². The second-order valence-corrected chi connectivity index (χ2v) is 4.08. The highest BCUT2D eigenvalue weighted by atomic mass is 35.5. The summed E-state index contributed by atoms with van der Waals surface area (Å²) in [7, 11) is 0. The highest BCUT2D eigenvalue weighted by Crippen LogP contribution is 2.24. The van der Waals surface area contributed by atoms with E-state index in [0.29, 0.717) is 22.3 Å². The zero-order valence-electron chi connectivity index (χ0n) is 8.27. The van der Waals surface area contributed by atoms with Gasteiger partial charge < -0.3 is 5.11 Å². The molecule has 0 aliphatic rings. The van der Waals surface area contributed by atoms with Crippen LogP contribution in [0.4, 0.5) is 0 Å². The van der Waals surface area contributed by atoms with Gasteiger partial charge in [-0.3, -0.25) is 0 Å². The van der Waals surface area contributed by atoms with Gasteiger partial charge in [0.1, 0.15) is 5.69 Å². The van der Waals surface area contributed by atoms with Gasteiger partial charge >= 0.3 is 0 Å². The third-order valence-electron chi connectivity index (χ3n) is 2.13. The van der Waals surface area contributed by atoms with Crippen molar-refractivity contribution < 1.29 is 5.11 Å². The molecule has 4 nitrogen and oxygen atoms in total. The first-order valence-corrected chi connectivity index (χ1v) is 5.39. The van der Waals surface area contributed by atoms with Crippen molar-refractivity contribution in [2.75, 3.05) is 0 Å². The maximum Gasteiger partial charge on any atom is 0.108 e. The van der Waals surface area contributed by atoms with Gasteiger partial charge in [-0.05, 0) is 12.1 Å². The number of hydrogen-bond acceptors (Lipinski definition) is 3. The van der Waals surface area contributed by atoms with Crippen molar-refractivity contribution in [2.45, 2.75) is 13.2 Å². The fourth-order valence-corrected chi connectivity index (χ4v) is 1.85. The normalized spacial score (nSPS) is 10.7. The van der Waals surface area contributed by atoms with E-state index in [1.807, 2.05) is 0 Å². The zero-order valence-corrected chi connectivity index (χ0v) is 9.78. The molecule has 0 aliphatic carbocycles. The molecule has 1 aromatic heterocycles. The van der Waals surface area contributed by atoms with Crippen LogP contribution in [0.1, 0.15) is 11.3 Å². The van der Waals surface area contributed by atoms with Crippen LogP contribution in [-0.4, -0.2) is 20.1 Å². The van der Waals surface area contributed by atoms with Crippen molar-refractivity contribution in [3.63, 3.8) is 0 Å². The minimum absolute atomic E-state index is 0.129. The van der Waals surface area contributed by atoms with Gasteiger partial charge in [-0.2, -0.15) is 0 Å². The predicted octanol–water partition coefficient (Wildman–Crippen LogP) is 2.13. The quantitative estimate of drug-likeness (QED) is 0.917. The van der Waals surface area contributed by atoms with E-state index in [2.05, 4.69) is 10.3 Å². The Morgan fingerprint density at radius 1 is 1.25 bits per heavy atom. The molecule has 0 saturated carbocycles. The molecule has 6 heteroatoms. The van der Waals surface area contributed by atoms with Crippen LogP contribution in [0.25, 0.3) is 0 Å². The van der Waals surface area contributed by atoms with Gasteiger partial charge in [0.05, 0.1) is 19.3 Å². The lowest BCUT2D eigenvalue weighted by Crippen LogP contribution is -2.01. The van der Waals surface area contributed by atoms with E-state index in [0.717, 1.165) is 5.56 Å². The Morgan fingerprint density at radius 2 is 1.94 bits per heavy atom. The van der Waals surface area contributed by atoms with Gasteiger partial charge in [-0.25, -0.2) is 4.68 Å². The number of aliphatic hydroxyl groups is 1. The van der Waals surface area contributed by atoms with Crippen LogP contribution in [0.3, 0.4) is 0 Å². The summed E-state index contributed by atoms with van der Waals surface area (Å²) in [6.45, 7) is 0.307. The Hall–Kier alpha value is -1.10. The monoisotopic (exact) mass is 257 g/mol. The summed E-state index contributed by atoms with van der Waals surface area (Å²) in [5.74, 6) is 0. The molecular formula is C10H9Cl2N3O. The van der Waals surface area contributed by atoms with Crippen LogP contribution in [-0.2, 0) is 13.2 Å². The van der Waals surface area contributed by atoms with E-state index in [9.17, 15) is 0 Å². The average Bonchev–Trinajstić information content (AvgIpc) is 2.71. The molecule has 1 N–H and O–H groups in total. The Labute approximate surface area is 102 Å². The Morgan fingerprint density at radius 3 is 2.50 bits per heavy atom. The minimum atomic E-state index is -0.129. The summed E-state index contributed by atoms with van der Waals surface area (Å²) in [6, 6.07) is 5.33. The molecule has 0 unspecified atom stereocenters. The third kappa shape index (κ3) is 2.35.